The fourth-order valence-electron chi connectivity index (χ4n) is 1.69. The first-order chi connectivity index (χ1) is 4.58. The van der Waals surface area contributed by atoms with E-state index in [2.05, 4.69) is 27.4 Å². The minimum Gasteiger partial charge on any atom is -0.377 e. The summed E-state index contributed by atoms with van der Waals surface area (Å²) >= 11 is 0. The summed E-state index contributed by atoms with van der Waals surface area (Å²) < 4.78 is 5.50. The molecule has 1 rings (SSSR count). The van der Waals surface area contributed by atoms with Gasteiger partial charge in [-0.3, -0.25) is 0 Å². The van der Waals surface area contributed by atoms with E-state index in [0.29, 0.717) is 17.4 Å². The van der Waals surface area contributed by atoms with Gasteiger partial charge in [0.1, 0.15) is 0 Å². The van der Waals surface area contributed by atoms with Crippen molar-refractivity contribution in [3.8, 4) is 0 Å². The molecule has 1 nitrogen and oxygen atoms in total. The molecule has 0 aromatic heterocycles. The van der Waals surface area contributed by atoms with Crippen molar-refractivity contribution in [1.29, 1.82) is 0 Å². The SMILES string of the molecule is C=C[C@@H]1[C@H](C)OCC1(C)C. The van der Waals surface area contributed by atoms with Crippen LogP contribution in [0.1, 0.15) is 20.8 Å². The summed E-state index contributed by atoms with van der Waals surface area (Å²) in [6.07, 6.45) is 2.37. The predicted octanol–water partition coefficient (Wildman–Crippen LogP) is 2.23. The Morgan fingerprint density at radius 2 is 2.20 bits per heavy atom. The lowest BCUT2D eigenvalue weighted by Crippen LogP contribution is -2.22. The van der Waals surface area contributed by atoms with E-state index >= 15 is 0 Å². The maximum absolute atomic E-state index is 5.50. The number of ether oxygens (including phenoxy) is 1. The van der Waals surface area contributed by atoms with Crippen molar-refractivity contribution in [2.45, 2.75) is 26.9 Å². The highest BCUT2D eigenvalue weighted by molar-refractivity contribution is 4.97. The molecule has 0 saturated carbocycles. The molecule has 1 aliphatic rings. The standard InChI is InChI=1S/C9H16O/c1-5-8-7(2)10-6-9(8,3)4/h5,7-8H,1,6H2,2-4H3/t7-,8+/m0/s1. The van der Waals surface area contributed by atoms with Gasteiger partial charge >= 0.3 is 0 Å². The van der Waals surface area contributed by atoms with Crippen molar-refractivity contribution >= 4 is 0 Å². The van der Waals surface area contributed by atoms with Gasteiger partial charge in [-0.25, -0.2) is 0 Å². The van der Waals surface area contributed by atoms with Crippen LogP contribution in [0.3, 0.4) is 0 Å². The van der Waals surface area contributed by atoms with Crippen molar-refractivity contribution in [2.75, 3.05) is 6.61 Å². The average Bonchev–Trinajstić information content (AvgIpc) is 2.07. The first-order valence-corrected chi connectivity index (χ1v) is 3.82. The van der Waals surface area contributed by atoms with Crippen LogP contribution in [0.2, 0.25) is 0 Å². The minimum atomic E-state index is 0.293. The van der Waals surface area contributed by atoms with Gasteiger partial charge in [-0.05, 0) is 12.3 Å². The van der Waals surface area contributed by atoms with Gasteiger partial charge in [0.25, 0.3) is 0 Å². The lowest BCUT2D eigenvalue weighted by atomic mass is 9.79. The third-order valence-corrected chi connectivity index (χ3v) is 2.38. The molecule has 0 aromatic rings. The largest absolute Gasteiger partial charge is 0.377 e. The van der Waals surface area contributed by atoms with E-state index in [4.69, 9.17) is 4.74 Å². The Labute approximate surface area is 63.1 Å². The molecule has 0 radical (unpaired) electrons. The van der Waals surface area contributed by atoms with Crippen molar-refractivity contribution in [2.24, 2.45) is 11.3 Å². The lowest BCUT2D eigenvalue weighted by molar-refractivity contribution is 0.107. The molecule has 1 saturated heterocycles. The highest BCUT2D eigenvalue weighted by Crippen LogP contribution is 2.38. The topological polar surface area (TPSA) is 9.23 Å². The Kier molecular flexibility index (Phi) is 1.86. The molecule has 0 spiro atoms. The first kappa shape index (κ1) is 7.80. The van der Waals surface area contributed by atoms with Crippen molar-refractivity contribution in [3.63, 3.8) is 0 Å². The van der Waals surface area contributed by atoms with Gasteiger partial charge in [0.2, 0.25) is 0 Å². The molecular formula is C9H16O. The monoisotopic (exact) mass is 140 g/mol. The smallest absolute Gasteiger partial charge is 0.0615 e. The normalized spacial score (nSPS) is 37.9. The van der Waals surface area contributed by atoms with Crippen LogP contribution >= 0.6 is 0 Å². The highest BCUT2D eigenvalue weighted by Gasteiger charge is 2.38. The van der Waals surface area contributed by atoms with Crippen LogP contribution in [-0.4, -0.2) is 12.7 Å². The number of hydrogen-bond donors (Lipinski definition) is 0. The molecule has 2 atom stereocenters. The van der Waals surface area contributed by atoms with Crippen molar-refractivity contribution in [3.05, 3.63) is 12.7 Å². The Hall–Kier alpha value is -0.300. The summed E-state index contributed by atoms with van der Waals surface area (Å²) in [6.45, 7) is 11.2. The molecule has 0 bridgehead atoms. The van der Waals surface area contributed by atoms with Crippen LogP contribution in [0.25, 0.3) is 0 Å². The summed E-state index contributed by atoms with van der Waals surface area (Å²) in [5.74, 6) is 0.521. The zero-order valence-corrected chi connectivity index (χ0v) is 7.05. The first-order valence-electron chi connectivity index (χ1n) is 3.82. The third-order valence-electron chi connectivity index (χ3n) is 2.38. The van der Waals surface area contributed by atoms with Crippen LogP contribution in [0.15, 0.2) is 12.7 Å². The van der Waals surface area contributed by atoms with Gasteiger partial charge in [-0.2, -0.15) is 0 Å². The molecule has 0 unspecified atom stereocenters. The Morgan fingerprint density at radius 3 is 2.40 bits per heavy atom. The summed E-state index contributed by atoms with van der Waals surface area (Å²) in [4.78, 5) is 0. The zero-order valence-electron chi connectivity index (χ0n) is 7.05. The second-order valence-electron chi connectivity index (χ2n) is 3.77. The van der Waals surface area contributed by atoms with Gasteiger partial charge in [-0.1, -0.05) is 19.9 Å². The fourth-order valence-corrected chi connectivity index (χ4v) is 1.69. The summed E-state index contributed by atoms with van der Waals surface area (Å²) in [7, 11) is 0. The van der Waals surface area contributed by atoms with Gasteiger partial charge in [0, 0.05) is 5.92 Å². The van der Waals surface area contributed by atoms with Gasteiger partial charge in [0.15, 0.2) is 0 Å². The molecule has 1 heterocycles. The minimum absolute atomic E-state index is 0.293. The van der Waals surface area contributed by atoms with Crippen molar-refractivity contribution < 1.29 is 4.74 Å². The van der Waals surface area contributed by atoms with Crippen LogP contribution < -0.4 is 0 Å². The molecule has 10 heavy (non-hydrogen) atoms. The highest BCUT2D eigenvalue weighted by atomic mass is 16.5. The van der Waals surface area contributed by atoms with Crippen LogP contribution in [0, 0.1) is 11.3 Å². The quantitative estimate of drug-likeness (QED) is 0.507. The Balaban J connectivity index is 2.72. The van der Waals surface area contributed by atoms with Crippen LogP contribution in [0.5, 0.6) is 0 Å². The summed E-state index contributed by atoms with van der Waals surface area (Å²) in [5.41, 5.74) is 0.293. The average molecular weight is 140 g/mol. The molecular weight excluding hydrogens is 124 g/mol. The second-order valence-corrected chi connectivity index (χ2v) is 3.77. The van der Waals surface area contributed by atoms with E-state index in [9.17, 15) is 0 Å². The summed E-state index contributed by atoms with van der Waals surface area (Å²) in [6, 6.07) is 0. The molecule has 0 aliphatic carbocycles. The molecule has 0 N–H and O–H groups in total. The zero-order chi connectivity index (χ0) is 7.78. The lowest BCUT2D eigenvalue weighted by Gasteiger charge is -2.22. The number of rotatable bonds is 1. The third kappa shape index (κ3) is 1.10. The molecule has 1 aliphatic heterocycles. The molecule has 0 amide bonds. The van der Waals surface area contributed by atoms with E-state index in [-0.39, 0.29) is 0 Å². The molecule has 1 heteroatoms. The Morgan fingerprint density at radius 1 is 1.60 bits per heavy atom. The van der Waals surface area contributed by atoms with Crippen LogP contribution in [-0.2, 0) is 4.74 Å². The van der Waals surface area contributed by atoms with Gasteiger partial charge in [0.05, 0.1) is 12.7 Å². The van der Waals surface area contributed by atoms with Gasteiger partial charge in [-0.15, -0.1) is 6.58 Å². The van der Waals surface area contributed by atoms with E-state index in [1.807, 2.05) is 6.08 Å². The van der Waals surface area contributed by atoms with E-state index in [1.165, 1.54) is 0 Å². The molecule has 58 valence electrons. The molecule has 1 fully saturated rings. The fraction of sp³-hybridized carbons (Fsp3) is 0.778. The van der Waals surface area contributed by atoms with E-state index in [1.54, 1.807) is 0 Å². The molecule has 0 aromatic carbocycles. The maximum Gasteiger partial charge on any atom is 0.0615 e. The predicted molar refractivity (Wildman–Crippen MR) is 42.9 cm³/mol. The van der Waals surface area contributed by atoms with Crippen LogP contribution in [0.4, 0.5) is 0 Å². The van der Waals surface area contributed by atoms with Gasteiger partial charge < -0.3 is 4.74 Å². The number of hydrogen-bond acceptors (Lipinski definition) is 1. The van der Waals surface area contributed by atoms with E-state index in [0.717, 1.165) is 6.61 Å². The second kappa shape index (κ2) is 2.39. The van der Waals surface area contributed by atoms with Crippen molar-refractivity contribution in [1.82, 2.24) is 0 Å². The van der Waals surface area contributed by atoms with E-state index < -0.39 is 0 Å². The maximum atomic E-state index is 5.50. The summed E-state index contributed by atoms with van der Waals surface area (Å²) in [5, 5.41) is 0. The Bertz CT molecular complexity index is 138.